The minimum atomic E-state index is -0.338. The molecule has 24 heavy (non-hydrogen) atoms. The molecule has 122 valence electrons. The maximum atomic E-state index is 12.5. The van der Waals surface area contributed by atoms with Gasteiger partial charge in [-0.2, -0.15) is 5.10 Å². The maximum Gasteiger partial charge on any atom is 0.251 e. The molecule has 1 heterocycles. The van der Waals surface area contributed by atoms with E-state index >= 15 is 0 Å². The fraction of sp³-hybridized carbons (Fsp3) is 0.167. The summed E-state index contributed by atoms with van der Waals surface area (Å²) in [5.41, 5.74) is 2.33. The summed E-state index contributed by atoms with van der Waals surface area (Å²) < 4.78 is 1.59. The molecule has 6 heteroatoms. The van der Waals surface area contributed by atoms with Crippen LogP contribution in [-0.2, 0) is 6.42 Å². The van der Waals surface area contributed by atoms with E-state index in [4.69, 9.17) is 0 Å². The molecule has 1 atom stereocenters. The van der Waals surface area contributed by atoms with E-state index in [0.29, 0.717) is 12.0 Å². The Morgan fingerprint density at radius 3 is 2.71 bits per heavy atom. The first kappa shape index (κ1) is 15.9. The van der Waals surface area contributed by atoms with E-state index in [1.165, 1.54) is 6.33 Å². The number of hydrogen-bond donors (Lipinski definition) is 2. The van der Waals surface area contributed by atoms with Crippen molar-refractivity contribution < 1.29 is 9.90 Å². The van der Waals surface area contributed by atoms with Crippen LogP contribution in [0.4, 0.5) is 0 Å². The highest BCUT2D eigenvalue weighted by molar-refractivity contribution is 5.94. The Morgan fingerprint density at radius 1 is 1.17 bits per heavy atom. The molecule has 3 rings (SSSR count). The molecular weight excluding hydrogens is 304 g/mol. The molecule has 0 saturated carbocycles. The fourth-order valence-corrected chi connectivity index (χ4v) is 2.46. The number of carbonyl (C=O) groups excluding carboxylic acids is 1. The zero-order chi connectivity index (χ0) is 16.8. The number of nitrogens with zero attached hydrogens (tertiary/aromatic N) is 3. The van der Waals surface area contributed by atoms with E-state index in [0.717, 1.165) is 11.3 Å². The average Bonchev–Trinajstić information content (AvgIpc) is 3.17. The summed E-state index contributed by atoms with van der Waals surface area (Å²) in [5, 5.41) is 16.5. The van der Waals surface area contributed by atoms with Gasteiger partial charge >= 0.3 is 0 Å². The third-order valence-electron chi connectivity index (χ3n) is 3.67. The van der Waals surface area contributed by atoms with Crippen LogP contribution in [0.15, 0.2) is 67.3 Å². The van der Waals surface area contributed by atoms with E-state index in [1.807, 2.05) is 36.4 Å². The third kappa shape index (κ3) is 3.85. The lowest BCUT2D eigenvalue weighted by Gasteiger charge is -2.16. The molecular formula is C18H18N4O2. The van der Waals surface area contributed by atoms with Gasteiger partial charge in [0.2, 0.25) is 0 Å². The Balaban J connectivity index is 1.70. The third-order valence-corrected chi connectivity index (χ3v) is 3.67. The van der Waals surface area contributed by atoms with Gasteiger partial charge in [0.1, 0.15) is 12.7 Å². The highest BCUT2D eigenvalue weighted by Gasteiger charge is 2.14. The number of aliphatic hydroxyl groups excluding tert-OH is 1. The summed E-state index contributed by atoms with van der Waals surface area (Å²) in [6.45, 7) is -0.122. The van der Waals surface area contributed by atoms with E-state index in [1.54, 1.807) is 29.2 Å². The molecule has 0 spiro atoms. The Bertz CT molecular complexity index is 788. The van der Waals surface area contributed by atoms with Crippen LogP contribution in [0.25, 0.3) is 5.69 Å². The van der Waals surface area contributed by atoms with Crippen LogP contribution in [0.2, 0.25) is 0 Å². The molecule has 0 fully saturated rings. The van der Waals surface area contributed by atoms with E-state index in [9.17, 15) is 9.90 Å². The predicted molar refractivity (Wildman–Crippen MR) is 89.8 cm³/mol. The zero-order valence-electron chi connectivity index (χ0n) is 13.0. The molecule has 0 radical (unpaired) electrons. The predicted octanol–water partition coefficient (Wildman–Crippen LogP) is 1.60. The highest BCUT2D eigenvalue weighted by Crippen LogP contribution is 2.10. The number of aromatic nitrogens is 3. The summed E-state index contributed by atoms with van der Waals surface area (Å²) in [6.07, 6.45) is 3.59. The lowest BCUT2D eigenvalue weighted by Crippen LogP contribution is -2.39. The first-order valence-corrected chi connectivity index (χ1v) is 7.67. The van der Waals surface area contributed by atoms with E-state index in [-0.39, 0.29) is 18.6 Å². The van der Waals surface area contributed by atoms with Gasteiger partial charge in [-0.25, -0.2) is 9.67 Å². The largest absolute Gasteiger partial charge is 0.394 e. The summed E-state index contributed by atoms with van der Waals surface area (Å²) in [4.78, 5) is 16.4. The minimum Gasteiger partial charge on any atom is -0.394 e. The average molecular weight is 322 g/mol. The lowest BCUT2D eigenvalue weighted by molar-refractivity contribution is 0.0916. The van der Waals surface area contributed by atoms with Crippen LogP contribution >= 0.6 is 0 Å². The number of carbonyl (C=O) groups is 1. The number of nitrogens with one attached hydrogen (secondary N) is 1. The molecule has 0 saturated heterocycles. The number of aliphatic hydroxyl groups is 1. The topological polar surface area (TPSA) is 80.0 Å². The van der Waals surface area contributed by atoms with Gasteiger partial charge in [0.25, 0.3) is 5.91 Å². The molecule has 0 aliphatic carbocycles. The second-order valence-corrected chi connectivity index (χ2v) is 5.43. The van der Waals surface area contributed by atoms with Crippen LogP contribution in [0.3, 0.4) is 0 Å². The molecule has 0 aliphatic heterocycles. The van der Waals surface area contributed by atoms with Crippen molar-refractivity contribution in [3.8, 4) is 5.69 Å². The summed E-state index contributed by atoms with van der Waals surface area (Å²) in [7, 11) is 0. The van der Waals surface area contributed by atoms with Crippen molar-refractivity contribution in [2.45, 2.75) is 12.5 Å². The van der Waals surface area contributed by atoms with Crippen molar-refractivity contribution in [2.75, 3.05) is 6.61 Å². The first-order chi connectivity index (χ1) is 11.8. The summed E-state index contributed by atoms with van der Waals surface area (Å²) >= 11 is 0. The normalized spacial score (nSPS) is 11.9. The Hall–Kier alpha value is -2.99. The number of hydrogen-bond acceptors (Lipinski definition) is 4. The first-order valence-electron chi connectivity index (χ1n) is 7.67. The van der Waals surface area contributed by atoms with E-state index < -0.39 is 0 Å². The van der Waals surface area contributed by atoms with Crippen molar-refractivity contribution >= 4 is 5.91 Å². The molecule has 2 N–H and O–H groups in total. The SMILES string of the molecule is O=C(NC(CO)Cc1ccccc1)c1cccc(-n2cncn2)c1. The highest BCUT2D eigenvalue weighted by atomic mass is 16.3. The summed E-state index contributed by atoms with van der Waals surface area (Å²) in [6, 6.07) is 16.5. The number of rotatable bonds is 6. The van der Waals surface area contributed by atoms with Gasteiger partial charge < -0.3 is 10.4 Å². The Labute approximate surface area is 139 Å². The molecule has 3 aromatic rings. The molecule has 0 aliphatic rings. The van der Waals surface area contributed by atoms with Crippen LogP contribution in [0, 0.1) is 0 Å². The maximum absolute atomic E-state index is 12.5. The molecule has 1 amide bonds. The van der Waals surface area contributed by atoms with Crippen molar-refractivity contribution in [1.82, 2.24) is 20.1 Å². The second kappa shape index (κ2) is 7.52. The monoisotopic (exact) mass is 322 g/mol. The van der Waals surface area contributed by atoms with Crippen molar-refractivity contribution in [2.24, 2.45) is 0 Å². The van der Waals surface area contributed by atoms with Gasteiger partial charge in [0.15, 0.2) is 0 Å². The zero-order valence-corrected chi connectivity index (χ0v) is 13.0. The molecule has 0 bridgehead atoms. The van der Waals surface area contributed by atoms with Crippen LogP contribution in [0.5, 0.6) is 0 Å². The number of benzene rings is 2. The van der Waals surface area contributed by atoms with Gasteiger partial charge in [-0.1, -0.05) is 36.4 Å². The van der Waals surface area contributed by atoms with Gasteiger partial charge in [-0.15, -0.1) is 0 Å². The standard InChI is InChI=1S/C18H18N4O2/c23-11-16(9-14-5-2-1-3-6-14)21-18(24)15-7-4-8-17(10-15)22-13-19-12-20-22/h1-8,10,12-13,16,23H,9,11H2,(H,21,24). The van der Waals surface area contributed by atoms with Crippen LogP contribution in [-0.4, -0.2) is 38.4 Å². The Kier molecular flexibility index (Phi) is 4.98. The molecule has 2 aromatic carbocycles. The smallest absolute Gasteiger partial charge is 0.251 e. The van der Waals surface area contributed by atoms with Gasteiger partial charge in [-0.3, -0.25) is 4.79 Å². The molecule has 6 nitrogen and oxygen atoms in total. The molecule has 1 aromatic heterocycles. The van der Waals surface area contributed by atoms with Crippen molar-refractivity contribution in [3.05, 3.63) is 78.4 Å². The van der Waals surface area contributed by atoms with Crippen LogP contribution in [0.1, 0.15) is 15.9 Å². The van der Waals surface area contributed by atoms with E-state index in [2.05, 4.69) is 15.4 Å². The van der Waals surface area contributed by atoms with Gasteiger partial charge in [0.05, 0.1) is 18.3 Å². The van der Waals surface area contributed by atoms with Crippen molar-refractivity contribution in [1.29, 1.82) is 0 Å². The van der Waals surface area contributed by atoms with Gasteiger partial charge in [-0.05, 0) is 30.2 Å². The fourth-order valence-electron chi connectivity index (χ4n) is 2.46. The number of amides is 1. The lowest BCUT2D eigenvalue weighted by atomic mass is 10.1. The minimum absolute atomic E-state index is 0.122. The Morgan fingerprint density at radius 2 is 2.00 bits per heavy atom. The molecule has 1 unspecified atom stereocenters. The van der Waals surface area contributed by atoms with Gasteiger partial charge in [0, 0.05) is 5.56 Å². The second-order valence-electron chi connectivity index (χ2n) is 5.43. The van der Waals surface area contributed by atoms with Crippen LogP contribution < -0.4 is 5.32 Å². The summed E-state index contributed by atoms with van der Waals surface area (Å²) in [5.74, 6) is -0.230. The van der Waals surface area contributed by atoms with Crippen molar-refractivity contribution in [3.63, 3.8) is 0 Å². The quantitative estimate of drug-likeness (QED) is 0.722.